The summed E-state index contributed by atoms with van der Waals surface area (Å²) in [6.45, 7) is 8.99. The van der Waals surface area contributed by atoms with Gasteiger partial charge in [-0.15, -0.1) is 0 Å². The molecule has 10 atom stereocenters. The molecule has 0 saturated carbocycles. The molecule has 0 spiro atoms. The van der Waals surface area contributed by atoms with E-state index in [4.69, 9.17) is 33.2 Å². The first-order valence-electron chi connectivity index (χ1n) is 14.9. The number of carbonyl (C=O) groups excluding carboxylic acids is 1. The van der Waals surface area contributed by atoms with E-state index in [0.717, 1.165) is 44.9 Å². The third-order valence-electron chi connectivity index (χ3n) is 7.37. The first-order valence-corrected chi connectivity index (χ1v) is 16.0. The largest absolute Gasteiger partial charge is 0.375 e. The van der Waals surface area contributed by atoms with Crippen LogP contribution in [0.5, 0.6) is 0 Å². The van der Waals surface area contributed by atoms with Crippen molar-refractivity contribution in [2.75, 3.05) is 26.9 Å². The zero-order valence-electron chi connectivity index (χ0n) is 25.4. The first kappa shape index (κ1) is 36.9. The minimum atomic E-state index is -0.950. The summed E-state index contributed by atoms with van der Waals surface area (Å²) in [4.78, 5) is 17.3. The van der Waals surface area contributed by atoms with Crippen LogP contribution in [-0.2, 0) is 38.0 Å². The quantitative estimate of drug-likeness (QED) is 0.0361. The molecule has 0 radical (unpaired) electrons. The summed E-state index contributed by atoms with van der Waals surface area (Å²) in [5.41, 5.74) is 18.6. The maximum atomic E-state index is 11.3. The lowest BCUT2D eigenvalue weighted by molar-refractivity contribution is -0.351. The minimum absolute atomic E-state index is 0.136. The molecule has 4 unspecified atom stereocenters. The number of unbranched alkanes of at least 4 members (excludes halogenated alkanes) is 4. The lowest BCUT2D eigenvalue weighted by Crippen LogP contribution is -2.64. The maximum absolute atomic E-state index is 11.3. The van der Waals surface area contributed by atoms with Crippen molar-refractivity contribution in [1.29, 1.82) is 0 Å². The van der Waals surface area contributed by atoms with Crippen LogP contribution in [0.4, 0.5) is 0 Å². The molecule has 2 aliphatic heterocycles. The van der Waals surface area contributed by atoms with Gasteiger partial charge in [-0.05, 0) is 73.2 Å². The molecule has 0 aromatic rings. The Balaban J connectivity index is 2.34. The third-order valence-corrected chi connectivity index (χ3v) is 7.91. The number of methoxy groups -OCH3 is 1. The Morgan fingerprint density at radius 3 is 1.79 bits per heavy atom. The van der Waals surface area contributed by atoms with Crippen LogP contribution in [0.1, 0.15) is 79.1 Å². The van der Waals surface area contributed by atoms with Gasteiger partial charge >= 0.3 is 0 Å². The summed E-state index contributed by atoms with van der Waals surface area (Å²) < 4.78 is 43.7. The molecule has 2 aliphatic rings. The molecule has 42 heavy (non-hydrogen) atoms. The van der Waals surface area contributed by atoms with E-state index in [2.05, 4.69) is 33.9 Å². The highest BCUT2D eigenvalue weighted by molar-refractivity contribution is 14.1. The van der Waals surface area contributed by atoms with Crippen LogP contribution in [0.2, 0.25) is 0 Å². The van der Waals surface area contributed by atoms with Crippen molar-refractivity contribution in [2.24, 2.45) is 10.2 Å². The van der Waals surface area contributed by atoms with Gasteiger partial charge in [0.2, 0.25) is 0 Å². The first-order chi connectivity index (χ1) is 20.3. The van der Waals surface area contributed by atoms with E-state index >= 15 is 0 Å². The standard InChI is InChI=1S/C27H47IN6O8/c1-6-8-14-37-22-20(31-33-29)18(4)41-27(24(22)36-5)42-25-23(38-15-9-7-2)21(32-34-30)17(3)40-26(25)39-16-12-10-11-13-19(28)35/h17-18,20-27H,6-16H2,1-5H3/t17?,18?,20-,21-,22?,23?,24-,25-,26+,27-/m1/s1. The van der Waals surface area contributed by atoms with Crippen LogP contribution in [0.3, 0.4) is 0 Å². The molecule has 0 aliphatic carbocycles. The summed E-state index contributed by atoms with van der Waals surface area (Å²) in [5, 5.41) is 7.96. The second kappa shape index (κ2) is 20.7. The van der Waals surface area contributed by atoms with E-state index in [1.54, 1.807) is 29.5 Å². The molecule has 0 aromatic heterocycles. The SMILES string of the molecule is CCCCOC1[C@H](N=[N+]=[N-])C(C)O[C@H](O[C@@H]2C(OCCCC)[C@H](N=[N+]=[N-])C(C)O[C@@H]2OCCCCCC(=O)I)[C@@H]1OC. The molecule has 14 nitrogen and oxygen atoms in total. The summed E-state index contributed by atoms with van der Waals surface area (Å²) in [6, 6.07) is -1.31. The molecule has 2 rings (SSSR count). The molecular formula is C27H47IN6O8. The zero-order valence-corrected chi connectivity index (χ0v) is 27.5. The molecule has 0 aromatic carbocycles. The van der Waals surface area contributed by atoms with Crippen LogP contribution < -0.4 is 0 Å². The second-order valence-corrected chi connectivity index (χ2v) is 11.7. The van der Waals surface area contributed by atoms with Gasteiger partial charge in [0.1, 0.15) is 12.2 Å². The summed E-state index contributed by atoms with van der Waals surface area (Å²) in [6.07, 6.45) is 0.606. The van der Waals surface area contributed by atoms with Crippen molar-refractivity contribution in [1.82, 2.24) is 0 Å². The van der Waals surface area contributed by atoms with E-state index in [1.807, 2.05) is 6.92 Å². The van der Waals surface area contributed by atoms with Gasteiger partial charge in [0.05, 0.1) is 36.5 Å². The second-order valence-electron chi connectivity index (χ2n) is 10.5. The molecule has 15 heteroatoms. The van der Waals surface area contributed by atoms with Crippen molar-refractivity contribution in [3.8, 4) is 0 Å². The Kier molecular flexibility index (Phi) is 18.2. The summed E-state index contributed by atoms with van der Waals surface area (Å²) in [7, 11) is 1.52. The number of hydrogen-bond acceptors (Lipinski definition) is 10. The molecule has 2 heterocycles. The Labute approximate surface area is 262 Å². The fraction of sp³-hybridized carbons (Fsp3) is 0.963. The number of carbonyl (C=O) groups is 1. The highest BCUT2D eigenvalue weighted by atomic mass is 127. The molecule has 0 N–H and O–H groups in total. The fourth-order valence-corrected chi connectivity index (χ4v) is 5.43. The van der Waals surface area contributed by atoms with Crippen molar-refractivity contribution < 1.29 is 38.0 Å². The van der Waals surface area contributed by atoms with E-state index in [1.165, 1.54) is 7.11 Å². The Morgan fingerprint density at radius 1 is 0.762 bits per heavy atom. The molecule has 240 valence electrons. The summed E-state index contributed by atoms with van der Waals surface area (Å²) in [5.74, 6) is 0. The van der Waals surface area contributed by atoms with Gasteiger partial charge in [-0.3, -0.25) is 4.79 Å². The lowest BCUT2D eigenvalue weighted by Gasteiger charge is -2.48. The molecular weight excluding hydrogens is 663 g/mol. The van der Waals surface area contributed by atoms with Gasteiger partial charge in [0.15, 0.2) is 16.4 Å². The van der Waals surface area contributed by atoms with E-state index in [0.29, 0.717) is 26.2 Å². The third kappa shape index (κ3) is 11.3. The van der Waals surface area contributed by atoms with Gasteiger partial charge < -0.3 is 33.2 Å². The number of nitrogens with zero attached hydrogens (tertiary/aromatic N) is 6. The van der Waals surface area contributed by atoms with Crippen molar-refractivity contribution in [2.45, 2.75) is 140 Å². The number of halogens is 1. The predicted octanol–water partition coefficient (Wildman–Crippen LogP) is 6.14. The van der Waals surface area contributed by atoms with Gasteiger partial charge in [-0.2, -0.15) is 0 Å². The van der Waals surface area contributed by atoms with E-state index < -0.39 is 61.3 Å². The topological polar surface area (TPSA) is 179 Å². The average molecular weight is 711 g/mol. The van der Waals surface area contributed by atoms with Crippen LogP contribution >= 0.6 is 22.6 Å². The minimum Gasteiger partial charge on any atom is -0.375 e. The molecule has 2 saturated heterocycles. The van der Waals surface area contributed by atoms with Crippen LogP contribution in [-0.4, -0.2) is 92.0 Å². The summed E-state index contributed by atoms with van der Waals surface area (Å²) >= 11 is 1.81. The molecule has 0 bridgehead atoms. The Morgan fingerprint density at radius 2 is 1.29 bits per heavy atom. The number of ether oxygens (including phenoxy) is 7. The van der Waals surface area contributed by atoms with E-state index in [9.17, 15) is 15.9 Å². The Bertz CT molecular complexity index is 893. The highest BCUT2D eigenvalue weighted by Crippen LogP contribution is 2.35. The van der Waals surface area contributed by atoms with Crippen molar-refractivity contribution in [3.05, 3.63) is 20.9 Å². The highest BCUT2D eigenvalue weighted by Gasteiger charge is 2.52. The van der Waals surface area contributed by atoms with Crippen LogP contribution in [0.25, 0.3) is 20.9 Å². The lowest BCUT2D eigenvalue weighted by atomic mass is 9.95. The predicted molar refractivity (Wildman–Crippen MR) is 163 cm³/mol. The van der Waals surface area contributed by atoms with E-state index in [-0.39, 0.29) is 3.79 Å². The zero-order chi connectivity index (χ0) is 30.9. The molecule has 2 fully saturated rings. The van der Waals surface area contributed by atoms with Crippen LogP contribution in [0.15, 0.2) is 10.2 Å². The van der Waals surface area contributed by atoms with Crippen molar-refractivity contribution in [3.63, 3.8) is 0 Å². The van der Waals surface area contributed by atoms with Crippen molar-refractivity contribution >= 4 is 26.4 Å². The fourth-order valence-electron chi connectivity index (χ4n) is 5.05. The van der Waals surface area contributed by atoms with Gasteiger partial charge in [0, 0.05) is 43.2 Å². The van der Waals surface area contributed by atoms with Gasteiger partial charge in [0.25, 0.3) is 0 Å². The smallest absolute Gasteiger partial charge is 0.192 e. The van der Waals surface area contributed by atoms with Gasteiger partial charge in [-0.25, -0.2) is 0 Å². The normalized spacial score (nSPS) is 33.0. The van der Waals surface area contributed by atoms with Crippen LogP contribution in [0, 0.1) is 0 Å². The monoisotopic (exact) mass is 710 g/mol. The number of azide groups is 2. The maximum Gasteiger partial charge on any atom is 0.192 e. The number of hydrogen-bond donors (Lipinski definition) is 0. The Hall–Kier alpha value is -1.26. The number of rotatable bonds is 20. The average Bonchev–Trinajstić information content (AvgIpc) is 2.95. The molecule has 0 amide bonds. The van der Waals surface area contributed by atoms with Gasteiger partial charge in [-0.1, -0.05) is 43.3 Å².